The average molecular weight is 234 g/mol. The third-order valence-electron chi connectivity index (χ3n) is 3.69. The second-order valence-corrected chi connectivity index (χ2v) is 6.84. The van der Waals surface area contributed by atoms with Crippen molar-refractivity contribution in [1.29, 1.82) is 0 Å². The van der Waals surface area contributed by atoms with Crippen LogP contribution in [0.2, 0.25) is 0 Å². The van der Waals surface area contributed by atoms with Crippen molar-refractivity contribution in [2.45, 2.75) is 23.0 Å². The van der Waals surface area contributed by atoms with Gasteiger partial charge < -0.3 is 0 Å². The summed E-state index contributed by atoms with van der Waals surface area (Å²) in [7, 11) is -3.12. The molecule has 1 aromatic rings. The predicted octanol–water partition coefficient (Wildman–Crippen LogP) is 2.42. The molecule has 0 aromatic heterocycles. The van der Waals surface area contributed by atoms with E-state index in [2.05, 4.69) is 12.2 Å². The molecule has 1 aromatic carbocycles. The molecule has 3 heteroatoms. The molecule has 0 unspecified atom stereocenters. The van der Waals surface area contributed by atoms with E-state index in [1.807, 2.05) is 6.07 Å². The van der Waals surface area contributed by atoms with Crippen molar-refractivity contribution in [3.8, 4) is 0 Å². The Kier molecular flexibility index (Phi) is 2.18. The molecular weight excluding hydrogens is 220 g/mol. The van der Waals surface area contributed by atoms with Gasteiger partial charge in [0, 0.05) is 0 Å². The summed E-state index contributed by atoms with van der Waals surface area (Å²) in [5, 5.41) is -0.190. The van der Waals surface area contributed by atoms with Crippen molar-refractivity contribution in [2.75, 3.05) is 0 Å². The van der Waals surface area contributed by atoms with Crippen molar-refractivity contribution in [1.82, 2.24) is 0 Å². The SMILES string of the molecule is O=S(=O)(c1ccccc1)[C@H]1C[C@H]2C=C[C@H]1C2. The Morgan fingerprint density at radius 2 is 1.75 bits per heavy atom. The van der Waals surface area contributed by atoms with E-state index in [1.165, 1.54) is 0 Å². The lowest BCUT2D eigenvalue weighted by atomic mass is 10.1. The molecular formula is C13H14O2S. The van der Waals surface area contributed by atoms with Crippen molar-refractivity contribution < 1.29 is 8.42 Å². The van der Waals surface area contributed by atoms with E-state index in [4.69, 9.17) is 0 Å². The van der Waals surface area contributed by atoms with E-state index in [0.29, 0.717) is 10.8 Å². The van der Waals surface area contributed by atoms with E-state index in [-0.39, 0.29) is 11.2 Å². The monoisotopic (exact) mass is 234 g/mol. The molecule has 2 aliphatic rings. The summed E-state index contributed by atoms with van der Waals surface area (Å²) in [6.45, 7) is 0. The number of sulfone groups is 1. The van der Waals surface area contributed by atoms with Gasteiger partial charge in [0.2, 0.25) is 0 Å². The Hall–Kier alpha value is -1.09. The van der Waals surface area contributed by atoms with Crippen LogP contribution < -0.4 is 0 Å². The summed E-state index contributed by atoms with van der Waals surface area (Å²) in [5.74, 6) is 0.740. The number of rotatable bonds is 2. The second kappa shape index (κ2) is 3.45. The fraction of sp³-hybridized carbons (Fsp3) is 0.385. The molecule has 0 amide bonds. The van der Waals surface area contributed by atoms with Crippen molar-refractivity contribution in [2.24, 2.45) is 11.8 Å². The standard InChI is InChI=1S/C13H14O2S/c14-16(15,12-4-2-1-3-5-12)13-9-10-6-7-11(13)8-10/h1-7,10-11,13H,8-9H2/t10-,11-,13-/m0/s1. The van der Waals surface area contributed by atoms with E-state index in [1.54, 1.807) is 24.3 Å². The number of fused-ring (bicyclic) bond motifs is 2. The van der Waals surface area contributed by atoms with Crippen LogP contribution in [0.3, 0.4) is 0 Å². The van der Waals surface area contributed by atoms with Crippen molar-refractivity contribution >= 4 is 9.84 Å². The first-order valence-electron chi connectivity index (χ1n) is 5.65. The number of hydrogen-bond acceptors (Lipinski definition) is 2. The fourth-order valence-corrected chi connectivity index (χ4v) is 4.92. The molecule has 1 fully saturated rings. The smallest absolute Gasteiger partial charge is 0.181 e. The zero-order chi connectivity index (χ0) is 11.2. The fourth-order valence-electron chi connectivity index (χ4n) is 2.87. The van der Waals surface area contributed by atoms with Gasteiger partial charge in [0.1, 0.15) is 0 Å². The lowest BCUT2D eigenvalue weighted by Crippen LogP contribution is -2.25. The molecule has 1 saturated carbocycles. The van der Waals surface area contributed by atoms with Crippen LogP contribution in [-0.4, -0.2) is 13.7 Å². The van der Waals surface area contributed by atoms with Gasteiger partial charge in [0.25, 0.3) is 0 Å². The topological polar surface area (TPSA) is 34.1 Å². The van der Waals surface area contributed by atoms with Gasteiger partial charge >= 0.3 is 0 Å². The van der Waals surface area contributed by atoms with E-state index in [0.717, 1.165) is 12.8 Å². The van der Waals surface area contributed by atoms with Crippen molar-refractivity contribution in [3.05, 3.63) is 42.5 Å². The van der Waals surface area contributed by atoms with Crippen molar-refractivity contribution in [3.63, 3.8) is 0 Å². The quantitative estimate of drug-likeness (QED) is 0.736. The lowest BCUT2D eigenvalue weighted by Gasteiger charge is -2.18. The molecule has 0 spiro atoms. The maximum absolute atomic E-state index is 12.4. The van der Waals surface area contributed by atoms with Crippen LogP contribution in [0, 0.1) is 11.8 Å². The molecule has 0 radical (unpaired) electrons. The Morgan fingerprint density at radius 3 is 2.31 bits per heavy atom. The van der Waals surface area contributed by atoms with Crippen LogP contribution in [0.5, 0.6) is 0 Å². The third-order valence-corrected chi connectivity index (χ3v) is 5.96. The molecule has 3 atom stereocenters. The van der Waals surface area contributed by atoms with Crippen LogP contribution in [0.4, 0.5) is 0 Å². The molecule has 84 valence electrons. The minimum Gasteiger partial charge on any atom is -0.223 e. The van der Waals surface area contributed by atoms with Crippen LogP contribution in [0.1, 0.15) is 12.8 Å². The summed E-state index contributed by atoms with van der Waals surface area (Å²) in [6, 6.07) is 8.82. The highest BCUT2D eigenvalue weighted by atomic mass is 32.2. The predicted molar refractivity (Wildman–Crippen MR) is 62.8 cm³/mol. The minimum atomic E-state index is -3.12. The molecule has 2 nitrogen and oxygen atoms in total. The van der Waals surface area contributed by atoms with Crippen LogP contribution in [-0.2, 0) is 9.84 Å². The average Bonchev–Trinajstić information content (AvgIpc) is 2.92. The molecule has 2 aliphatic carbocycles. The van der Waals surface area contributed by atoms with Gasteiger partial charge in [-0.1, -0.05) is 30.4 Å². The minimum absolute atomic E-state index is 0.190. The van der Waals surface area contributed by atoms with E-state index in [9.17, 15) is 8.42 Å². The van der Waals surface area contributed by atoms with Gasteiger partial charge in [-0.05, 0) is 36.8 Å². The molecule has 0 aliphatic heterocycles. The largest absolute Gasteiger partial charge is 0.223 e. The van der Waals surface area contributed by atoms with Gasteiger partial charge in [0.15, 0.2) is 9.84 Å². The maximum Gasteiger partial charge on any atom is 0.181 e. The third kappa shape index (κ3) is 1.42. The first-order chi connectivity index (χ1) is 7.68. The van der Waals surface area contributed by atoms with E-state index < -0.39 is 9.84 Å². The molecule has 0 saturated heterocycles. The highest BCUT2D eigenvalue weighted by Crippen LogP contribution is 2.44. The first-order valence-corrected chi connectivity index (χ1v) is 7.20. The normalized spacial score (nSPS) is 32.1. The molecule has 0 N–H and O–H groups in total. The number of hydrogen-bond donors (Lipinski definition) is 0. The summed E-state index contributed by atoms with van der Waals surface area (Å²) >= 11 is 0. The Labute approximate surface area is 95.9 Å². The van der Waals surface area contributed by atoms with E-state index >= 15 is 0 Å². The Morgan fingerprint density at radius 1 is 1.00 bits per heavy atom. The molecule has 16 heavy (non-hydrogen) atoms. The maximum atomic E-state index is 12.4. The highest BCUT2D eigenvalue weighted by molar-refractivity contribution is 7.92. The van der Waals surface area contributed by atoms with Gasteiger partial charge in [0.05, 0.1) is 10.1 Å². The van der Waals surface area contributed by atoms with Gasteiger partial charge in [-0.3, -0.25) is 0 Å². The lowest BCUT2D eigenvalue weighted by molar-refractivity contribution is 0.561. The van der Waals surface area contributed by atoms with Crippen LogP contribution in [0.25, 0.3) is 0 Å². The second-order valence-electron chi connectivity index (χ2n) is 4.68. The summed E-state index contributed by atoms with van der Waals surface area (Å²) < 4.78 is 24.8. The first kappa shape index (κ1) is 10.1. The highest BCUT2D eigenvalue weighted by Gasteiger charge is 2.43. The molecule has 2 bridgehead atoms. The molecule has 0 heterocycles. The van der Waals surface area contributed by atoms with Gasteiger partial charge in [-0.2, -0.15) is 0 Å². The van der Waals surface area contributed by atoms with Gasteiger partial charge in [-0.25, -0.2) is 8.42 Å². The van der Waals surface area contributed by atoms with Crippen LogP contribution >= 0.6 is 0 Å². The number of allylic oxidation sites excluding steroid dienone is 2. The van der Waals surface area contributed by atoms with Crippen LogP contribution in [0.15, 0.2) is 47.4 Å². The zero-order valence-corrected chi connectivity index (χ0v) is 9.73. The van der Waals surface area contributed by atoms with Gasteiger partial charge in [-0.15, -0.1) is 0 Å². The zero-order valence-electron chi connectivity index (χ0n) is 8.91. The Bertz CT molecular complexity index is 516. The summed E-state index contributed by atoms with van der Waals surface area (Å²) in [5.41, 5.74) is 0. The number of benzene rings is 1. The Balaban J connectivity index is 1.98. The summed E-state index contributed by atoms with van der Waals surface area (Å²) in [6.07, 6.45) is 6.08. The summed E-state index contributed by atoms with van der Waals surface area (Å²) in [4.78, 5) is 0.473. The molecule has 3 rings (SSSR count).